The average molecular weight is 277 g/mol. The fourth-order valence-electron chi connectivity index (χ4n) is 1.63. The van der Waals surface area contributed by atoms with E-state index in [-0.39, 0.29) is 0 Å². The van der Waals surface area contributed by atoms with Crippen LogP contribution in [0, 0.1) is 0 Å². The fourth-order valence-corrected chi connectivity index (χ4v) is 1.85. The summed E-state index contributed by atoms with van der Waals surface area (Å²) < 4.78 is 1.90. The maximum absolute atomic E-state index is 10.6. The van der Waals surface area contributed by atoms with E-state index in [9.17, 15) is 4.79 Å². The monoisotopic (exact) mass is 276 g/mol. The van der Waals surface area contributed by atoms with E-state index < -0.39 is 6.03 Å². The largest absolute Gasteiger partial charge is 0.350 e. The first-order valence-corrected chi connectivity index (χ1v) is 5.98. The summed E-state index contributed by atoms with van der Waals surface area (Å²) >= 11 is 6.17. The second-order valence-electron chi connectivity index (χ2n) is 3.93. The number of hydrazone groups is 1. The van der Waals surface area contributed by atoms with Crippen molar-refractivity contribution in [1.29, 1.82) is 0 Å². The van der Waals surface area contributed by atoms with Gasteiger partial charge in [-0.05, 0) is 36.8 Å². The Hall–Kier alpha value is -2.27. The Morgan fingerprint density at radius 2 is 2.05 bits per heavy atom. The van der Waals surface area contributed by atoms with E-state index in [1.165, 1.54) is 0 Å². The molecule has 1 aromatic carbocycles. The lowest BCUT2D eigenvalue weighted by Gasteiger charge is -2.08. The van der Waals surface area contributed by atoms with Crippen LogP contribution in [0.4, 0.5) is 4.79 Å². The van der Waals surface area contributed by atoms with Gasteiger partial charge in [-0.3, -0.25) is 0 Å². The molecule has 0 unspecified atom stereocenters. The van der Waals surface area contributed by atoms with Crippen molar-refractivity contribution in [2.24, 2.45) is 10.8 Å². The zero-order valence-corrected chi connectivity index (χ0v) is 11.1. The topological polar surface area (TPSA) is 72.4 Å². The van der Waals surface area contributed by atoms with Crippen LogP contribution in [0.1, 0.15) is 12.5 Å². The zero-order chi connectivity index (χ0) is 13.8. The predicted octanol–water partition coefficient (Wildman–Crippen LogP) is 2.52. The molecule has 2 amide bonds. The number of nitrogens with one attached hydrogen (secondary N) is 1. The highest BCUT2D eigenvalue weighted by molar-refractivity contribution is 6.32. The molecule has 2 aromatic rings. The predicted molar refractivity (Wildman–Crippen MR) is 75.7 cm³/mol. The number of nitrogens with zero attached hydrogens (tertiary/aromatic N) is 2. The molecule has 0 spiro atoms. The van der Waals surface area contributed by atoms with E-state index in [0.29, 0.717) is 10.7 Å². The summed E-state index contributed by atoms with van der Waals surface area (Å²) in [5.74, 6) is 0. The lowest BCUT2D eigenvalue weighted by molar-refractivity contribution is 0.249. The van der Waals surface area contributed by atoms with Gasteiger partial charge in [0.2, 0.25) is 0 Å². The van der Waals surface area contributed by atoms with E-state index in [1.807, 2.05) is 41.2 Å². The maximum atomic E-state index is 10.6. The first-order valence-electron chi connectivity index (χ1n) is 5.61. The Labute approximate surface area is 115 Å². The van der Waals surface area contributed by atoms with Crippen molar-refractivity contribution in [2.75, 3.05) is 0 Å². The first-order chi connectivity index (χ1) is 9.08. The standard InChI is InChI=1S/C13H13ClN4O/c1-9(16-17-13(15)19)10-4-5-11(14)12(8-10)18-6-2-3-7-18/h2-8H,1H3,(H3,15,17,19)/b16-9-. The van der Waals surface area contributed by atoms with Gasteiger partial charge in [-0.25, -0.2) is 10.2 Å². The number of hydrogen-bond acceptors (Lipinski definition) is 2. The van der Waals surface area contributed by atoms with E-state index in [4.69, 9.17) is 17.3 Å². The summed E-state index contributed by atoms with van der Waals surface area (Å²) in [5, 5.41) is 4.52. The van der Waals surface area contributed by atoms with Crippen LogP contribution >= 0.6 is 11.6 Å². The van der Waals surface area contributed by atoms with Gasteiger partial charge in [0.1, 0.15) is 0 Å². The number of hydrogen-bond donors (Lipinski definition) is 2. The van der Waals surface area contributed by atoms with Crippen molar-refractivity contribution in [1.82, 2.24) is 9.99 Å². The summed E-state index contributed by atoms with van der Waals surface area (Å²) in [6.45, 7) is 1.78. The summed E-state index contributed by atoms with van der Waals surface area (Å²) in [5.41, 5.74) is 9.50. The third kappa shape index (κ3) is 3.14. The molecule has 1 aromatic heterocycles. The van der Waals surface area contributed by atoms with Crippen LogP contribution in [-0.4, -0.2) is 16.3 Å². The summed E-state index contributed by atoms with van der Waals surface area (Å²) in [4.78, 5) is 10.6. The van der Waals surface area contributed by atoms with Crippen molar-refractivity contribution in [3.63, 3.8) is 0 Å². The van der Waals surface area contributed by atoms with Crippen LogP contribution in [0.3, 0.4) is 0 Å². The molecule has 0 atom stereocenters. The third-order valence-corrected chi connectivity index (χ3v) is 2.90. The van der Waals surface area contributed by atoms with Crippen LogP contribution in [-0.2, 0) is 0 Å². The quantitative estimate of drug-likeness (QED) is 0.656. The highest BCUT2D eigenvalue weighted by Crippen LogP contribution is 2.22. The molecule has 0 aliphatic rings. The Morgan fingerprint density at radius 1 is 1.37 bits per heavy atom. The number of carbonyl (C=O) groups excluding carboxylic acids is 1. The number of nitrogens with two attached hydrogens (primary N) is 1. The minimum Gasteiger partial charge on any atom is -0.350 e. The normalized spacial score (nSPS) is 11.4. The molecule has 5 nitrogen and oxygen atoms in total. The molecule has 3 N–H and O–H groups in total. The molecule has 0 saturated heterocycles. The molecule has 98 valence electrons. The van der Waals surface area contributed by atoms with Crippen molar-refractivity contribution in [3.8, 4) is 5.69 Å². The number of aromatic nitrogens is 1. The summed E-state index contributed by atoms with van der Waals surface area (Å²) in [6, 6.07) is 8.65. The minimum atomic E-state index is -0.695. The van der Waals surface area contributed by atoms with Crippen molar-refractivity contribution >= 4 is 23.3 Å². The van der Waals surface area contributed by atoms with E-state index >= 15 is 0 Å². The van der Waals surface area contributed by atoms with Crippen LogP contribution in [0.15, 0.2) is 47.8 Å². The molecule has 1 heterocycles. The van der Waals surface area contributed by atoms with Crippen LogP contribution in [0.5, 0.6) is 0 Å². The Bertz CT molecular complexity index is 620. The number of amides is 2. The molecule has 0 bridgehead atoms. The van der Waals surface area contributed by atoms with Crippen LogP contribution in [0.25, 0.3) is 5.69 Å². The summed E-state index contributed by atoms with van der Waals surface area (Å²) in [6.07, 6.45) is 3.80. The van der Waals surface area contributed by atoms with Gasteiger partial charge in [-0.1, -0.05) is 17.7 Å². The van der Waals surface area contributed by atoms with E-state index in [0.717, 1.165) is 11.3 Å². The third-order valence-electron chi connectivity index (χ3n) is 2.58. The molecule has 19 heavy (non-hydrogen) atoms. The molecule has 0 radical (unpaired) electrons. The number of halogens is 1. The lowest BCUT2D eigenvalue weighted by Crippen LogP contribution is -2.25. The smallest absolute Gasteiger partial charge is 0.332 e. The molecule has 6 heteroatoms. The molecule has 0 fully saturated rings. The van der Waals surface area contributed by atoms with Gasteiger partial charge >= 0.3 is 6.03 Å². The van der Waals surface area contributed by atoms with Gasteiger partial charge in [0.25, 0.3) is 0 Å². The van der Waals surface area contributed by atoms with Gasteiger partial charge in [0, 0.05) is 12.4 Å². The highest BCUT2D eigenvalue weighted by atomic mass is 35.5. The van der Waals surface area contributed by atoms with Gasteiger partial charge in [-0.15, -0.1) is 0 Å². The SMILES string of the molecule is C/C(=N/NC(N)=O)c1ccc(Cl)c(-n2cccc2)c1. The second kappa shape index (κ2) is 5.58. The van der Waals surface area contributed by atoms with Crippen LogP contribution in [0.2, 0.25) is 5.02 Å². The Kier molecular flexibility index (Phi) is 3.87. The average Bonchev–Trinajstić information content (AvgIpc) is 2.90. The molecule has 0 aliphatic heterocycles. The first kappa shape index (κ1) is 13.2. The lowest BCUT2D eigenvalue weighted by atomic mass is 10.1. The molecular weight excluding hydrogens is 264 g/mol. The van der Waals surface area contributed by atoms with E-state index in [2.05, 4.69) is 10.5 Å². The molecule has 2 rings (SSSR count). The number of primary amides is 1. The fraction of sp³-hybridized carbons (Fsp3) is 0.0769. The van der Waals surface area contributed by atoms with Gasteiger partial charge in [0.15, 0.2) is 0 Å². The van der Waals surface area contributed by atoms with Gasteiger partial charge in [0.05, 0.1) is 16.4 Å². The second-order valence-corrected chi connectivity index (χ2v) is 4.34. The molecule has 0 aliphatic carbocycles. The highest BCUT2D eigenvalue weighted by Gasteiger charge is 2.06. The minimum absolute atomic E-state index is 0.635. The van der Waals surface area contributed by atoms with Crippen molar-refractivity contribution < 1.29 is 4.79 Å². The van der Waals surface area contributed by atoms with Crippen LogP contribution < -0.4 is 11.2 Å². The number of rotatable bonds is 3. The van der Waals surface area contributed by atoms with Gasteiger partial charge < -0.3 is 10.3 Å². The molecule has 0 saturated carbocycles. The molecular formula is C13H13ClN4O. The van der Waals surface area contributed by atoms with Gasteiger partial charge in [-0.2, -0.15) is 5.10 Å². The Balaban J connectivity index is 2.36. The van der Waals surface area contributed by atoms with Crippen molar-refractivity contribution in [2.45, 2.75) is 6.92 Å². The zero-order valence-electron chi connectivity index (χ0n) is 10.3. The Morgan fingerprint density at radius 3 is 2.68 bits per heavy atom. The number of carbonyl (C=O) groups is 1. The summed E-state index contributed by atoms with van der Waals surface area (Å²) in [7, 11) is 0. The number of benzene rings is 1. The van der Waals surface area contributed by atoms with Crippen molar-refractivity contribution in [3.05, 3.63) is 53.3 Å². The number of urea groups is 1. The van der Waals surface area contributed by atoms with E-state index in [1.54, 1.807) is 13.0 Å². The maximum Gasteiger partial charge on any atom is 0.332 e.